The first-order valence-corrected chi connectivity index (χ1v) is 10.1. The van der Waals surface area contributed by atoms with E-state index in [9.17, 15) is 13.2 Å². The third kappa shape index (κ3) is 5.49. The van der Waals surface area contributed by atoms with Gasteiger partial charge in [-0.15, -0.1) is 0 Å². The average Bonchev–Trinajstić information content (AvgIpc) is 2.62. The Bertz CT molecular complexity index is 820. The molecule has 0 heterocycles. The van der Waals surface area contributed by atoms with Gasteiger partial charge in [0.1, 0.15) is 5.75 Å². The number of anilines is 1. The minimum Gasteiger partial charge on any atom is -0.497 e. The van der Waals surface area contributed by atoms with Crippen LogP contribution in [0.1, 0.15) is 24.9 Å². The van der Waals surface area contributed by atoms with E-state index in [2.05, 4.69) is 5.32 Å². The van der Waals surface area contributed by atoms with Crippen molar-refractivity contribution in [2.24, 2.45) is 0 Å². The summed E-state index contributed by atoms with van der Waals surface area (Å²) >= 11 is 0. The van der Waals surface area contributed by atoms with E-state index in [0.29, 0.717) is 11.4 Å². The lowest BCUT2D eigenvalue weighted by atomic mass is 10.1. The van der Waals surface area contributed by atoms with Gasteiger partial charge in [0, 0.05) is 13.0 Å². The van der Waals surface area contributed by atoms with Crippen molar-refractivity contribution in [2.45, 2.75) is 19.4 Å². The zero-order valence-corrected chi connectivity index (χ0v) is 16.0. The number of carbonyl (C=O) groups excluding carboxylic acids is 1. The molecule has 0 bridgehead atoms. The summed E-state index contributed by atoms with van der Waals surface area (Å²) in [4.78, 5) is 12.2. The lowest BCUT2D eigenvalue weighted by Gasteiger charge is -2.23. The Balaban J connectivity index is 2.01. The monoisotopic (exact) mass is 376 g/mol. The third-order valence-corrected chi connectivity index (χ3v) is 5.17. The summed E-state index contributed by atoms with van der Waals surface area (Å²) in [5.41, 5.74) is 1.49. The van der Waals surface area contributed by atoms with Gasteiger partial charge in [0.05, 0.1) is 25.1 Å². The first kappa shape index (κ1) is 19.8. The molecule has 2 aromatic rings. The Hall–Kier alpha value is -2.54. The smallest absolute Gasteiger partial charge is 0.232 e. The normalized spacial score (nSPS) is 12.3. The van der Waals surface area contributed by atoms with Crippen LogP contribution in [0.25, 0.3) is 0 Å². The molecule has 7 heteroatoms. The number of benzene rings is 2. The summed E-state index contributed by atoms with van der Waals surface area (Å²) in [6.45, 7) is 1.96. The fourth-order valence-corrected chi connectivity index (χ4v) is 3.50. The Morgan fingerprint density at radius 3 is 2.27 bits per heavy atom. The van der Waals surface area contributed by atoms with Crippen molar-refractivity contribution >= 4 is 21.6 Å². The first-order valence-electron chi connectivity index (χ1n) is 8.27. The minimum atomic E-state index is -3.50. The van der Waals surface area contributed by atoms with Crippen LogP contribution in [-0.4, -0.2) is 34.2 Å². The molecule has 1 N–H and O–H groups in total. The van der Waals surface area contributed by atoms with Crippen LogP contribution in [0.5, 0.6) is 5.75 Å². The van der Waals surface area contributed by atoms with Gasteiger partial charge in [0.25, 0.3) is 0 Å². The molecule has 0 saturated heterocycles. The largest absolute Gasteiger partial charge is 0.497 e. The Morgan fingerprint density at radius 2 is 1.73 bits per heavy atom. The highest BCUT2D eigenvalue weighted by Crippen LogP contribution is 2.21. The predicted molar refractivity (Wildman–Crippen MR) is 103 cm³/mol. The topological polar surface area (TPSA) is 75.7 Å². The second-order valence-corrected chi connectivity index (χ2v) is 7.89. The highest BCUT2D eigenvalue weighted by atomic mass is 32.2. The molecule has 0 fully saturated rings. The van der Waals surface area contributed by atoms with Crippen molar-refractivity contribution in [1.29, 1.82) is 0 Å². The number of hydrogen-bond donors (Lipinski definition) is 1. The van der Waals surface area contributed by atoms with Crippen LogP contribution in [0.2, 0.25) is 0 Å². The third-order valence-electron chi connectivity index (χ3n) is 3.98. The van der Waals surface area contributed by atoms with E-state index in [0.717, 1.165) is 11.8 Å². The molecule has 2 rings (SSSR count). The van der Waals surface area contributed by atoms with E-state index < -0.39 is 10.0 Å². The number of amides is 1. The quantitative estimate of drug-likeness (QED) is 0.769. The molecular formula is C19H24N2O4S. The highest BCUT2D eigenvalue weighted by molar-refractivity contribution is 7.92. The number of carbonyl (C=O) groups is 1. The van der Waals surface area contributed by atoms with Crippen LogP contribution in [0.3, 0.4) is 0 Å². The Labute approximate surface area is 154 Å². The van der Waals surface area contributed by atoms with Gasteiger partial charge in [-0.1, -0.05) is 30.3 Å². The SMILES string of the molecule is COc1ccc(N(CCC(=O)NC(C)c2ccccc2)S(C)(=O)=O)cc1. The van der Waals surface area contributed by atoms with Crippen LogP contribution in [0.4, 0.5) is 5.69 Å². The molecule has 1 amide bonds. The lowest BCUT2D eigenvalue weighted by Crippen LogP contribution is -2.35. The maximum absolute atomic E-state index is 12.2. The summed E-state index contributed by atoms with van der Waals surface area (Å²) < 4.78 is 30.5. The van der Waals surface area contributed by atoms with Crippen LogP contribution in [0, 0.1) is 0 Å². The highest BCUT2D eigenvalue weighted by Gasteiger charge is 2.19. The number of sulfonamides is 1. The minimum absolute atomic E-state index is 0.0657. The molecule has 1 atom stereocenters. The van der Waals surface area contributed by atoms with Gasteiger partial charge >= 0.3 is 0 Å². The molecule has 6 nitrogen and oxygen atoms in total. The van der Waals surface area contributed by atoms with Gasteiger partial charge in [0.15, 0.2) is 0 Å². The molecule has 0 radical (unpaired) electrons. The molecule has 0 aliphatic rings. The van der Waals surface area contributed by atoms with E-state index in [4.69, 9.17) is 4.74 Å². The van der Waals surface area contributed by atoms with Gasteiger partial charge in [-0.3, -0.25) is 9.10 Å². The van der Waals surface area contributed by atoms with Crippen molar-refractivity contribution in [3.63, 3.8) is 0 Å². The first-order chi connectivity index (χ1) is 12.3. The summed E-state index contributed by atoms with van der Waals surface area (Å²) in [6, 6.07) is 16.1. The van der Waals surface area contributed by atoms with Crippen LogP contribution in [-0.2, 0) is 14.8 Å². The van der Waals surface area contributed by atoms with Crippen molar-refractivity contribution in [3.05, 3.63) is 60.2 Å². The molecule has 0 spiro atoms. The second kappa shape index (κ2) is 8.71. The summed E-state index contributed by atoms with van der Waals surface area (Å²) in [6.07, 6.45) is 1.19. The summed E-state index contributed by atoms with van der Waals surface area (Å²) in [7, 11) is -1.96. The summed E-state index contributed by atoms with van der Waals surface area (Å²) in [5, 5.41) is 2.89. The van der Waals surface area contributed by atoms with Gasteiger partial charge in [-0.05, 0) is 36.8 Å². The van der Waals surface area contributed by atoms with Crippen molar-refractivity contribution in [3.8, 4) is 5.75 Å². The van der Waals surface area contributed by atoms with Crippen LogP contribution >= 0.6 is 0 Å². The van der Waals surface area contributed by atoms with Crippen LogP contribution in [0.15, 0.2) is 54.6 Å². The fourth-order valence-electron chi connectivity index (χ4n) is 2.58. The van der Waals surface area contributed by atoms with Crippen molar-refractivity contribution in [1.82, 2.24) is 5.32 Å². The fraction of sp³-hybridized carbons (Fsp3) is 0.316. The number of nitrogens with zero attached hydrogens (tertiary/aromatic N) is 1. The molecule has 0 aromatic heterocycles. The molecule has 0 saturated carbocycles. The second-order valence-electron chi connectivity index (χ2n) is 5.98. The van der Waals surface area contributed by atoms with Crippen molar-refractivity contribution in [2.75, 3.05) is 24.2 Å². The maximum Gasteiger partial charge on any atom is 0.232 e. The Morgan fingerprint density at radius 1 is 1.12 bits per heavy atom. The number of ether oxygens (including phenoxy) is 1. The number of nitrogens with one attached hydrogen (secondary N) is 1. The molecule has 26 heavy (non-hydrogen) atoms. The molecule has 0 aliphatic carbocycles. The average molecular weight is 376 g/mol. The number of hydrogen-bond acceptors (Lipinski definition) is 4. The zero-order valence-electron chi connectivity index (χ0n) is 15.2. The summed E-state index contributed by atoms with van der Waals surface area (Å²) in [5.74, 6) is 0.431. The van der Waals surface area contributed by atoms with Gasteiger partial charge in [0.2, 0.25) is 15.9 Å². The van der Waals surface area contributed by atoms with E-state index in [1.807, 2.05) is 37.3 Å². The van der Waals surface area contributed by atoms with Gasteiger partial charge < -0.3 is 10.1 Å². The standard InChI is InChI=1S/C19H24N2O4S/c1-15(16-7-5-4-6-8-16)20-19(22)13-14-21(26(3,23)24)17-9-11-18(25-2)12-10-17/h4-12,15H,13-14H2,1-3H3,(H,20,22). The zero-order chi connectivity index (χ0) is 19.2. The van der Waals surface area contributed by atoms with E-state index in [1.165, 1.54) is 4.31 Å². The number of methoxy groups -OCH3 is 1. The molecule has 1 unspecified atom stereocenters. The lowest BCUT2D eigenvalue weighted by molar-refractivity contribution is -0.121. The molecular weight excluding hydrogens is 352 g/mol. The predicted octanol–water partition coefficient (Wildman–Crippen LogP) is 2.73. The molecule has 2 aromatic carbocycles. The van der Waals surface area contributed by atoms with Gasteiger partial charge in [-0.2, -0.15) is 0 Å². The van der Waals surface area contributed by atoms with Crippen LogP contribution < -0.4 is 14.4 Å². The van der Waals surface area contributed by atoms with Gasteiger partial charge in [-0.25, -0.2) is 8.42 Å². The van der Waals surface area contributed by atoms with E-state index in [1.54, 1.807) is 31.4 Å². The molecule has 0 aliphatic heterocycles. The van der Waals surface area contributed by atoms with Crippen molar-refractivity contribution < 1.29 is 17.9 Å². The van der Waals surface area contributed by atoms with E-state index in [-0.39, 0.29) is 24.9 Å². The number of rotatable bonds is 8. The van der Waals surface area contributed by atoms with E-state index >= 15 is 0 Å². The maximum atomic E-state index is 12.2. The Kier molecular flexibility index (Phi) is 6.63. The molecule has 140 valence electrons.